The molecule has 0 atom stereocenters. The fourth-order valence-corrected chi connectivity index (χ4v) is 3.77. The van der Waals surface area contributed by atoms with Crippen molar-refractivity contribution >= 4 is 39.4 Å². The highest BCUT2D eigenvalue weighted by molar-refractivity contribution is 6.10. The molecule has 0 unspecified atom stereocenters. The van der Waals surface area contributed by atoms with Crippen LogP contribution in [0.5, 0.6) is 0 Å². The van der Waals surface area contributed by atoms with E-state index in [4.69, 9.17) is 4.42 Å². The van der Waals surface area contributed by atoms with Gasteiger partial charge in [-0.3, -0.25) is 4.99 Å². The van der Waals surface area contributed by atoms with Crippen molar-refractivity contribution in [1.29, 1.82) is 0 Å². The number of allylic oxidation sites excluding steroid dienone is 4. The normalized spacial score (nSPS) is 13.1. The van der Waals surface area contributed by atoms with Crippen LogP contribution in [0.3, 0.4) is 0 Å². The highest BCUT2D eigenvalue weighted by Gasteiger charge is 2.17. The first-order chi connectivity index (χ1) is 14.1. The third kappa shape index (κ3) is 3.52. The van der Waals surface area contributed by atoms with Crippen molar-refractivity contribution in [3.63, 3.8) is 0 Å². The molecule has 2 aromatic heterocycles. The third-order valence-electron chi connectivity index (χ3n) is 5.27. The topological polar surface area (TPSA) is 38.4 Å². The van der Waals surface area contributed by atoms with E-state index in [1.807, 2.05) is 12.1 Å². The Morgan fingerprint density at radius 1 is 1.00 bits per heavy atom. The lowest BCUT2D eigenvalue weighted by molar-refractivity contribution is 0.652. The lowest BCUT2D eigenvalue weighted by Crippen LogP contribution is -1.92. The number of nitrogens with zero attached hydrogens (tertiary/aromatic N) is 2. The largest absolute Gasteiger partial charge is 0.437 e. The highest BCUT2D eigenvalue weighted by atomic mass is 16.3. The van der Waals surface area contributed by atoms with Crippen molar-refractivity contribution in [3.8, 4) is 0 Å². The molecule has 0 fully saturated rings. The van der Waals surface area contributed by atoms with Crippen LogP contribution in [-0.2, 0) is 0 Å². The Labute approximate surface area is 171 Å². The standard InChI is InChI=1S/C26H24N2O/c1-17-9-12-20(13-10-17)21(7-5-15-27-4)19(3)24-18(2)11-14-22-23-8-6-16-28-26(23)29-25(22)24/h5-16H,1-4H3/b7-5-,21-19-,27-15?. The van der Waals surface area contributed by atoms with Gasteiger partial charge in [-0.15, -0.1) is 0 Å². The van der Waals surface area contributed by atoms with Crippen LogP contribution in [0.2, 0.25) is 0 Å². The van der Waals surface area contributed by atoms with Crippen LogP contribution >= 0.6 is 0 Å². The number of pyridine rings is 1. The molecule has 0 saturated heterocycles. The average Bonchev–Trinajstić information content (AvgIpc) is 3.10. The van der Waals surface area contributed by atoms with Crippen molar-refractivity contribution in [3.05, 3.63) is 89.1 Å². The summed E-state index contributed by atoms with van der Waals surface area (Å²) in [6.07, 6.45) is 7.67. The molecule has 0 aliphatic heterocycles. The van der Waals surface area contributed by atoms with Crippen molar-refractivity contribution in [2.45, 2.75) is 20.8 Å². The van der Waals surface area contributed by atoms with Gasteiger partial charge in [0.15, 0.2) is 0 Å². The second-order valence-corrected chi connectivity index (χ2v) is 7.26. The molecule has 0 saturated carbocycles. The van der Waals surface area contributed by atoms with Gasteiger partial charge in [-0.2, -0.15) is 0 Å². The second-order valence-electron chi connectivity index (χ2n) is 7.26. The lowest BCUT2D eigenvalue weighted by atomic mass is 9.91. The summed E-state index contributed by atoms with van der Waals surface area (Å²) >= 11 is 0. The smallest absolute Gasteiger partial charge is 0.227 e. The summed E-state index contributed by atoms with van der Waals surface area (Å²) in [5.41, 5.74) is 8.58. The molecule has 4 aromatic rings. The predicted molar refractivity (Wildman–Crippen MR) is 123 cm³/mol. The van der Waals surface area contributed by atoms with Crippen LogP contribution in [0.15, 0.2) is 76.3 Å². The minimum absolute atomic E-state index is 0.674. The van der Waals surface area contributed by atoms with Gasteiger partial charge in [0.05, 0.1) is 0 Å². The number of benzene rings is 2. The van der Waals surface area contributed by atoms with Crippen molar-refractivity contribution < 1.29 is 4.42 Å². The molecule has 0 spiro atoms. The number of furan rings is 1. The summed E-state index contributed by atoms with van der Waals surface area (Å²) in [4.78, 5) is 8.49. The first-order valence-electron chi connectivity index (χ1n) is 9.74. The molecule has 0 radical (unpaired) electrons. The van der Waals surface area contributed by atoms with E-state index in [0.717, 1.165) is 33.1 Å². The zero-order valence-electron chi connectivity index (χ0n) is 17.2. The molecule has 0 bridgehead atoms. The number of hydrogen-bond acceptors (Lipinski definition) is 3. The number of aryl methyl sites for hydroxylation is 2. The maximum absolute atomic E-state index is 6.22. The zero-order chi connectivity index (χ0) is 20.4. The molecule has 3 heteroatoms. The average molecular weight is 380 g/mol. The first-order valence-corrected chi connectivity index (χ1v) is 9.74. The predicted octanol–water partition coefficient (Wildman–Crippen LogP) is 6.79. The van der Waals surface area contributed by atoms with E-state index in [1.54, 1.807) is 19.5 Å². The summed E-state index contributed by atoms with van der Waals surface area (Å²) < 4.78 is 6.22. The molecule has 3 nitrogen and oxygen atoms in total. The van der Waals surface area contributed by atoms with Crippen LogP contribution in [0.1, 0.15) is 29.2 Å². The molecule has 0 amide bonds. The third-order valence-corrected chi connectivity index (χ3v) is 5.27. The molecular formula is C26H24N2O. The molecule has 0 aliphatic rings. The van der Waals surface area contributed by atoms with E-state index in [2.05, 4.69) is 79.3 Å². The van der Waals surface area contributed by atoms with E-state index in [1.165, 1.54) is 16.7 Å². The lowest BCUT2D eigenvalue weighted by Gasteiger charge is -2.13. The summed E-state index contributed by atoms with van der Waals surface area (Å²) in [6.45, 7) is 6.39. The number of rotatable bonds is 4. The Morgan fingerprint density at radius 2 is 1.79 bits per heavy atom. The molecular weight excluding hydrogens is 356 g/mol. The van der Waals surface area contributed by atoms with E-state index < -0.39 is 0 Å². The van der Waals surface area contributed by atoms with Gasteiger partial charge in [0.2, 0.25) is 5.71 Å². The molecule has 0 N–H and O–H groups in total. The van der Waals surface area contributed by atoms with Gasteiger partial charge in [-0.1, -0.05) is 48.0 Å². The van der Waals surface area contributed by atoms with Gasteiger partial charge in [0, 0.05) is 35.8 Å². The maximum atomic E-state index is 6.22. The molecule has 2 aromatic carbocycles. The Hall–Kier alpha value is -3.46. The van der Waals surface area contributed by atoms with Gasteiger partial charge in [-0.05, 0) is 61.3 Å². The molecule has 144 valence electrons. The maximum Gasteiger partial charge on any atom is 0.227 e. The van der Waals surface area contributed by atoms with Crippen LogP contribution in [-0.4, -0.2) is 18.2 Å². The SMILES string of the molecule is CN=C/C=C\C(=C(/C)c1c(C)ccc2c1oc1ncccc12)c1ccc(C)cc1. The van der Waals surface area contributed by atoms with E-state index in [-0.39, 0.29) is 0 Å². The Bertz CT molecular complexity index is 1270. The van der Waals surface area contributed by atoms with Crippen LogP contribution in [0, 0.1) is 13.8 Å². The molecule has 29 heavy (non-hydrogen) atoms. The number of aromatic nitrogens is 1. The second kappa shape index (κ2) is 7.88. The fourth-order valence-electron chi connectivity index (χ4n) is 3.77. The highest BCUT2D eigenvalue weighted by Crippen LogP contribution is 2.37. The first kappa shape index (κ1) is 18.9. The Kier molecular flexibility index (Phi) is 5.13. The summed E-state index contributed by atoms with van der Waals surface area (Å²) in [7, 11) is 1.78. The monoisotopic (exact) mass is 380 g/mol. The van der Waals surface area contributed by atoms with E-state index in [0.29, 0.717) is 5.71 Å². The van der Waals surface area contributed by atoms with Gasteiger partial charge < -0.3 is 4.42 Å². The minimum atomic E-state index is 0.674. The van der Waals surface area contributed by atoms with Gasteiger partial charge in [0.1, 0.15) is 5.58 Å². The van der Waals surface area contributed by atoms with Crippen molar-refractivity contribution in [2.24, 2.45) is 4.99 Å². The summed E-state index contributed by atoms with van der Waals surface area (Å²) in [5.74, 6) is 0. The fraction of sp³-hybridized carbons (Fsp3) is 0.154. The Balaban J connectivity index is 2.02. The van der Waals surface area contributed by atoms with E-state index in [9.17, 15) is 0 Å². The van der Waals surface area contributed by atoms with Crippen molar-refractivity contribution in [2.75, 3.05) is 7.05 Å². The van der Waals surface area contributed by atoms with Crippen LogP contribution in [0.25, 0.3) is 33.2 Å². The summed E-state index contributed by atoms with van der Waals surface area (Å²) in [6, 6.07) is 16.9. The quantitative estimate of drug-likeness (QED) is 0.222. The van der Waals surface area contributed by atoms with Gasteiger partial charge in [-0.25, -0.2) is 4.98 Å². The van der Waals surface area contributed by atoms with Crippen molar-refractivity contribution in [1.82, 2.24) is 4.98 Å². The van der Waals surface area contributed by atoms with Gasteiger partial charge in [0.25, 0.3) is 0 Å². The van der Waals surface area contributed by atoms with Gasteiger partial charge >= 0.3 is 0 Å². The molecule has 0 aliphatic carbocycles. The minimum Gasteiger partial charge on any atom is -0.437 e. The molecule has 4 rings (SSSR count). The zero-order valence-corrected chi connectivity index (χ0v) is 17.2. The van der Waals surface area contributed by atoms with Crippen LogP contribution in [0.4, 0.5) is 0 Å². The number of hydrogen-bond donors (Lipinski definition) is 0. The number of fused-ring (bicyclic) bond motifs is 3. The number of aliphatic imine (C=N–C) groups is 1. The van der Waals surface area contributed by atoms with Crippen LogP contribution < -0.4 is 0 Å². The van der Waals surface area contributed by atoms with E-state index >= 15 is 0 Å². The molecule has 2 heterocycles. The summed E-state index contributed by atoms with van der Waals surface area (Å²) in [5, 5.41) is 2.14. The Morgan fingerprint density at radius 3 is 2.55 bits per heavy atom.